The average molecular weight is 249 g/mol. The minimum Gasteiger partial charge on any atom is -0.380 e. The van der Waals surface area contributed by atoms with Crippen LogP contribution in [0.15, 0.2) is 24.5 Å². The molecule has 2 heterocycles. The first kappa shape index (κ1) is 13.0. The van der Waals surface area contributed by atoms with Gasteiger partial charge in [0.2, 0.25) is 5.91 Å². The molecule has 1 aromatic heterocycles. The van der Waals surface area contributed by atoms with Crippen molar-refractivity contribution in [1.82, 2.24) is 15.2 Å². The molecule has 0 bridgehead atoms. The first-order valence-corrected chi connectivity index (χ1v) is 6.10. The van der Waals surface area contributed by atoms with E-state index in [1.807, 2.05) is 24.1 Å². The Bertz CT molecular complexity index is 396. The molecule has 1 aliphatic rings. The summed E-state index contributed by atoms with van der Waals surface area (Å²) in [7, 11) is 3.64. The van der Waals surface area contributed by atoms with Crippen LogP contribution in [0.4, 0.5) is 0 Å². The lowest BCUT2D eigenvalue weighted by Crippen LogP contribution is -2.41. The van der Waals surface area contributed by atoms with E-state index in [0.29, 0.717) is 6.54 Å². The van der Waals surface area contributed by atoms with Gasteiger partial charge in [-0.15, -0.1) is 0 Å². The number of hydrogen-bond donors (Lipinski definition) is 1. The molecular weight excluding hydrogens is 230 g/mol. The van der Waals surface area contributed by atoms with Gasteiger partial charge in [-0.25, -0.2) is 0 Å². The van der Waals surface area contributed by atoms with Crippen LogP contribution in [-0.4, -0.2) is 48.6 Å². The number of hydrogen-bond acceptors (Lipinski definition) is 4. The molecule has 5 nitrogen and oxygen atoms in total. The van der Waals surface area contributed by atoms with Crippen LogP contribution in [0.25, 0.3) is 0 Å². The number of carbonyl (C=O) groups is 1. The van der Waals surface area contributed by atoms with Crippen LogP contribution in [0.1, 0.15) is 12.0 Å². The number of nitrogens with one attached hydrogen (secondary N) is 1. The lowest BCUT2D eigenvalue weighted by atomic mass is 10.2. The summed E-state index contributed by atoms with van der Waals surface area (Å²) in [6.45, 7) is 1.33. The Hall–Kier alpha value is -1.46. The molecule has 0 unspecified atom stereocenters. The Labute approximate surface area is 107 Å². The fourth-order valence-corrected chi connectivity index (χ4v) is 2.24. The Balaban J connectivity index is 1.85. The van der Waals surface area contributed by atoms with Crippen LogP contribution in [-0.2, 0) is 16.1 Å². The zero-order valence-corrected chi connectivity index (χ0v) is 10.8. The van der Waals surface area contributed by atoms with Gasteiger partial charge in [-0.2, -0.15) is 0 Å². The third-order valence-electron chi connectivity index (χ3n) is 3.34. The number of pyridine rings is 1. The van der Waals surface area contributed by atoms with Crippen molar-refractivity contribution >= 4 is 5.91 Å². The topological polar surface area (TPSA) is 54.5 Å². The van der Waals surface area contributed by atoms with Crippen LogP contribution >= 0.6 is 0 Å². The minimum atomic E-state index is -0.0911. The van der Waals surface area contributed by atoms with Crippen molar-refractivity contribution in [3.05, 3.63) is 30.1 Å². The van der Waals surface area contributed by atoms with Crippen molar-refractivity contribution in [1.29, 1.82) is 0 Å². The predicted molar refractivity (Wildman–Crippen MR) is 67.9 cm³/mol. The highest BCUT2D eigenvalue weighted by Crippen LogP contribution is 2.18. The molecule has 1 amide bonds. The Morgan fingerprint density at radius 3 is 3.11 bits per heavy atom. The molecule has 1 fully saturated rings. The summed E-state index contributed by atoms with van der Waals surface area (Å²) in [6, 6.07) is 3.72. The van der Waals surface area contributed by atoms with Gasteiger partial charge >= 0.3 is 0 Å². The first-order chi connectivity index (χ1) is 8.70. The Morgan fingerprint density at radius 1 is 1.67 bits per heavy atom. The molecular formula is C13H19N3O2. The van der Waals surface area contributed by atoms with E-state index in [2.05, 4.69) is 10.3 Å². The normalized spacial score (nSPS) is 24.1. The zero-order chi connectivity index (χ0) is 13.0. The molecule has 2 atom stereocenters. The number of rotatable bonds is 4. The third-order valence-corrected chi connectivity index (χ3v) is 3.34. The van der Waals surface area contributed by atoms with Crippen molar-refractivity contribution in [2.45, 2.75) is 25.1 Å². The molecule has 0 aromatic carbocycles. The zero-order valence-electron chi connectivity index (χ0n) is 10.8. The summed E-state index contributed by atoms with van der Waals surface area (Å²) in [5.74, 6) is 0.0564. The van der Waals surface area contributed by atoms with E-state index in [1.54, 1.807) is 19.5 Å². The van der Waals surface area contributed by atoms with E-state index in [9.17, 15) is 4.79 Å². The number of likely N-dealkylation sites (N-methyl/N-ethyl adjacent to an activating group) is 1. The number of nitrogens with zero attached hydrogens (tertiary/aromatic N) is 2. The SMILES string of the molecule is CO[C@H]1C[C@@H](C(=O)NCc2cccnc2)N(C)C1. The third kappa shape index (κ3) is 3.05. The van der Waals surface area contributed by atoms with Crippen molar-refractivity contribution < 1.29 is 9.53 Å². The fraction of sp³-hybridized carbons (Fsp3) is 0.538. The maximum absolute atomic E-state index is 12.1. The molecule has 0 aliphatic carbocycles. The van der Waals surface area contributed by atoms with Gasteiger partial charge < -0.3 is 10.1 Å². The second kappa shape index (κ2) is 5.93. The molecule has 1 saturated heterocycles. The van der Waals surface area contributed by atoms with Gasteiger partial charge in [-0.1, -0.05) is 6.07 Å². The molecule has 0 radical (unpaired) electrons. The minimum absolute atomic E-state index is 0.0564. The molecule has 0 saturated carbocycles. The number of methoxy groups -OCH3 is 1. The highest BCUT2D eigenvalue weighted by atomic mass is 16.5. The van der Waals surface area contributed by atoms with Gasteiger partial charge in [0.1, 0.15) is 0 Å². The molecule has 18 heavy (non-hydrogen) atoms. The number of ether oxygens (including phenoxy) is 1. The second-order valence-electron chi connectivity index (χ2n) is 4.63. The van der Waals surface area contributed by atoms with Gasteiger partial charge in [0.05, 0.1) is 12.1 Å². The number of amides is 1. The van der Waals surface area contributed by atoms with E-state index in [0.717, 1.165) is 18.5 Å². The standard InChI is InChI=1S/C13H19N3O2/c1-16-9-11(18-2)6-12(16)13(17)15-8-10-4-3-5-14-7-10/h3-5,7,11-12H,6,8-9H2,1-2H3,(H,15,17)/t11-,12-/m0/s1. The van der Waals surface area contributed by atoms with Gasteiger partial charge in [0.25, 0.3) is 0 Å². The summed E-state index contributed by atoms with van der Waals surface area (Å²) < 4.78 is 5.29. The van der Waals surface area contributed by atoms with Crippen LogP contribution in [0, 0.1) is 0 Å². The van der Waals surface area contributed by atoms with Gasteiger partial charge in [-0.3, -0.25) is 14.7 Å². The molecule has 5 heteroatoms. The average Bonchev–Trinajstić information content (AvgIpc) is 2.78. The van der Waals surface area contributed by atoms with Crippen molar-refractivity contribution in [3.8, 4) is 0 Å². The van der Waals surface area contributed by atoms with Gasteiger partial charge in [0.15, 0.2) is 0 Å². The molecule has 0 spiro atoms. The van der Waals surface area contributed by atoms with E-state index >= 15 is 0 Å². The maximum Gasteiger partial charge on any atom is 0.237 e. The second-order valence-corrected chi connectivity index (χ2v) is 4.63. The van der Waals surface area contributed by atoms with Gasteiger partial charge in [-0.05, 0) is 25.1 Å². The van der Waals surface area contributed by atoms with Crippen LogP contribution in [0.5, 0.6) is 0 Å². The Kier molecular flexibility index (Phi) is 4.28. The summed E-state index contributed by atoms with van der Waals surface area (Å²) in [4.78, 5) is 18.1. The van der Waals surface area contributed by atoms with Crippen molar-refractivity contribution in [3.63, 3.8) is 0 Å². The van der Waals surface area contributed by atoms with Crippen LogP contribution in [0.2, 0.25) is 0 Å². The maximum atomic E-state index is 12.1. The molecule has 1 aromatic rings. The molecule has 98 valence electrons. The lowest BCUT2D eigenvalue weighted by Gasteiger charge is -2.18. The molecule has 1 N–H and O–H groups in total. The smallest absolute Gasteiger partial charge is 0.237 e. The highest BCUT2D eigenvalue weighted by molar-refractivity contribution is 5.82. The molecule has 1 aliphatic heterocycles. The summed E-state index contributed by atoms with van der Waals surface area (Å²) in [6.07, 6.45) is 4.39. The van der Waals surface area contributed by atoms with Gasteiger partial charge in [0, 0.05) is 32.6 Å². The Morgan fingerprint density at radius 2 is 2.50 bits per heavy atom. The van der Waals surface area contributed by atoms with Crippen LogP contribution in [0.3, 0.4) is 0 Å². The largest absolute Gasteiger partial charge is 0.380 e. The summed E-state index contributed by atoms with van der Waals surface area (Å²) >= 11 is 0. The summed E-state index contributed by atoms with van der Waals surface area (Å²) in [5, 5.41) is 2.94. The summed E-state index contributed by atoms with van der Waals surface area (Å²) in [5.41, 5.74) is 1.01. The van der Waals surface area contributed by atoms with Crippen molar-refractivity contribution in [2.75, 3.05) is 20.7 Å². The number of aromatic nitrogens is 1. The number of carbonyl (C=O) groups excluding carboxylic acids is 1. The first-order valence-electron chi connectivity index (χ1n) is 6.10. The lowest BCUT2D eigenvalue weighted by molar-refractivity contribution is -0.125. The van der Waals surface area contributed by atoms with E-state index in [-0.39, 0.29) is 18.1 Å². The highest BCUT2D eigenvalue weighted by Gasteiger charge is 2.34. The predicted octanol–water partition coefficient (Wildman–Crippen LogP) is 0.417. The van der Waals surface area contributed by atoms with Crippen molar-refractivity contribution in [2.24, 2.45) is 0 Å². The number of likely N-dealkylation sites (tertiary alicyclic amines) is 1. The van der Waals surface area contributed by atoms with Crippen LogP contribution < -0.4 is 5.32 Å². The monoisotopic (exact) mass is 249 g/mol. The van der Waals surface area contributed by atoms with E-state index in [4.69, 9.17) is 4.74 Å². The molecule has 2 rings (SSSR count). The van der Waals surface area contributed by atoms with E-state index in [1.165, 1.54) is 0 Å². The van der Waals surface area contributed by atoms with E-state index < -0.39 is 0 Å². The quantitative estimate of drug-likeness (QED) is 0.840. The fourth-order valence-electron chi connectivity index (χ4n) is 2.24.